The van der Waals surface area contributed by atoms with Gasteiger partial charge in [0.05, 0.1) is 25.3 Å². The Balaban J connectivity index is 1.73. The summed E-state index contributed by atoms with van der Waals surface area (Å²) in [5.74, 6) is 0.597. The molecule has 150 valence electrons. The lowest BCUT2D eigenvalue weighted by molar-refractivity contribution is -0.135. The standard InChI is InChI=1S/C21H31ClN2O3/c1-27-14-16(25)12-23-13-20(26)24-11-10-17-18(8-5-9-19(17)22)21(24)15-6-3-2-4-7-15/h5,8-9,15-16,21,23,25H,2-4,6-7,10-14H2,1H3/t16-,21?/m0/s1. The first kappa shape index (κ1) is 20.6. The Morgan fingerprint density at radius 2 is 2.15 bits per heavy atom. The van der Waals surface area contributed by atoms with Gasteiger partial charge in [-0.25, -0.2) is 0 Å². The number of methoxy groups -OCH3 is 1. The summed E-state index contributed by atoms with van der Waals surface area (Å²) in [7, 11) is 1.56. The van der Waals surface area contributed by atoms with Crippen LogP contribution in [0.4, 0.5) is 0 Å². The molecule has 1 aliphatic carbocycles. The number of aliphatic hydroxyl groups excluding tert-OH is 1. The van der Waals surface area contributed by atoms with Gasteiger partial charge in [0.15, 0.2) is 0 Å². The molecule has 27 heavy (non-hydrogen) atoms. The fraction of sp³-hybridized carbons (Fsp3) is 0.667. The molecular weight excluding hydrogens is 364 g/mol. The minimum atomic E-state index is -0.599. The summed E-state index contributed by atoms with van der Waals surface area (Å²) in [4.78, 5) is 15.0. The van der Waals surface area contributed by atoms with Crippen LogP contribution >= 0.6 is 11.6 Å². The first-order valence-corrected chi connectivity index (χ1v) is 10.4. The number of rotatable bonds is 7. The Hall–Kier alpha value is -1.14. The molecule has 5 nitrogen and oxygen atoms in total. The molecule has 1 aliphatic heterocycles. The number of aliphatic hydroxyl groups is 1. The number of ether oxygens (including phenoxy) is 1. The highest BCUT2D eigenvalue weighted by molar-refractivity contribution is 6.31. The van der Waals surface area contributed by atoms with Crippen molar-refractivity contribution in [3.63, 3.8) is 0 Å². The highest BCUT2D eigenvalue weighted by atomic mass is 35.5. The normalized spacial score (nSPS) is 21.7. The van der Waals surface area contributed by atoms with Gasteiger partial charge in [0.1, 0.15) is 0 Å². The second kappa shape index (κ2) is 9.87. The second-order valence-corrected chi connectivity index (χ2v) is 8.13. The van der Waals surface area contributed by atoms with E-state index in [1.807, 2.05) is 17.0 Å². The summed E-state index contributed by atoms with van der Waals surface area (Å²) in [5, 5.41) is 13.7. The van der Waals surface area contributed by atoms with Crippen LogP contribution in [0.3, 0.4) is 0 Å². The van der Waals surface area contributed by atoms with Crippen molar-refractivity contribution in [2.24, 2.45) is 5.92 Å². The van der Waals surface area contributed by atoms with Gasteiger partial charge < -0.3 is 20.1 Å². The van der Waals surface area contributed by atoms with Crippen molar-refractivity contribution in [3.8, 4) is 0 Å². The van der Waals surface area contributed by atoms with Crippen LogP contribution in [0.2, 0.25) is 5.02 Å². The van der Waals surface area contributed by atoms with E-state index in [9.17, 15) is 9.90 Å². The van der Waals surface area contributed by atoms with E-state index in [0.29, 0.717) is 19.0 Å². The molecule has 2 atom stereocenters. The molecule has 0 aromatic heterocycles. The monoisotopic (exact) mass is 394 g/mol. The Morgan fingerprint density at radius 3 is 2.89 bits per heavy atom. The van der Waals surface area contributed by atoms with E-state index in [-0.39, 0.29) is 25.1 Å². The third-order valence-electron chi connectivity index (χ3n) is 5.84. The Labute approximate surface area is 167 Å². The molecular formula is C21H31ClN2O3. The number of hydrogen-bond acceptors (Lipinski definition) is 4. The number of amides is 1. The van der Waals surface area contributed by atoms with Gasteiger partial charge in [0.25, 0.3) is 0 Å². The summed E-state index contributed by atoms with van der Waals surface area (Å²) in [6.45, 7) is 1.56. The van der Waals surface area contributed by atoms with E-state index in [1.165, 1.54) is 43.2 Å². The van der Waals surface area contributed by atoms with E-state index < -0.39 is 6.10 Å². The minimum absolute atomic E-state index is 0.0980. The second-order valence-electron chi connectivity index (χ2n) is 7.73. The van der Waals surface area contributed by atoms with Crippen LogP contribution < -0.4 is 5.32 Å². The Bertz CT molecular complexity index is 634. The van der Waals surface area contributed by atoms with Crippen molar-refractivity contribution in [2.75, 3.05) is 33.4 Å². The van der Waals surface area contributed by atoms with E-state index in [2.05, 4.69) is 11.4 Å². The summed E-state index contributed by atoms with van der Waals surface area (Å²) in [6.07, 6.45) is 6.30. The molecule has 1 amide bonds. The maximum Gasteiger partial charge on any atom is 0.237 e. The molecule has 2 N–H and O–H groups in total. The Morgan fingerprint density at radius 1 is 1.37 bits per heavy atom. The quantitative estimate of drug-likeness (QED) is 0.746. The number of hydrogen-bond donors (Lipinski definition) is 2. The summed E-state index contributed by atoms with van der Waals surface area (Å²) in [6, 6.07) is 6.22. The highest BCUT2D eigenvalue weighted by Crippen LogP contribution is 2.43. The van der Waals surface area contributed by atoms with Gasteiger partial charge in [-0.15, -0.1) is 0 Å². The molecule has 1 unspecified atom stereocenters. The molecule has 0 bridgehead atoms. The lowest BCUT2D eigenvalue weighted by Gasteiger charge is -2.43. The molecule has 0 spiro atoms. The molecule has 6 heteroatoms. The largest absolute Gasteiger partial charge is 0.389 e. The zero-order valence-corrected chi connectivity index (χ0v) is 16.9. The van der Waals surface area contributed by atoms with Gasteiger partial charge in [-0.2, -0.15) is 0 Å². The zero-order valence-electron chi connectivity index (χ0n) is 16.1. The van der Waals surface area contributed by atoms with E-state index in [1.54, 1.807) is 7.11 Å². The SMILES string of the molecule is COC[C@@H](O)CNCC(=O)N1CCc2c(Cl)cccc2C1C1CCCCC1. The van der Waals surface area contributed by atoms with Crippen molar-refractivity contribution in [1.82, 2.24) is 10.2 Å². The predicted molar refractivity (Wildman–Crippen MR) is 107 cm³/mol. The van der Waals surface area contributed by atoms with Crippen LogP contribution in [0.15, 0.2) is 18.2 Å². The number of carbonyl (C=O) groups excluding carboxylic acids is 1. The lowest BCUT2D eigenvalue weighted by Crippen LogP contribution is -2.47. The smallest absolute Gasteiger partial charge is 0.237 e. The van der Waals surface area contributed by atoms with Crippen LogP contribution in [0.5, 0.6) is 0 Å². The minimum Gasteiger partial charge on any atom is -0.389 e. The molecule has 1 aromatic rings. The van der Waals surface area contributed by atoms with Gasteiger partial charge in [-0.3, -0.25) is 4.79 Å². The van der Waals surface area contributed by atoms with Crippen molar-refractivity contribution in [3.05, 3.63) is 34.3 Å². The number of nitrogens with one attached hydrogen (secondary N) is 1. The fourth-order valence-electron chi connectivity index (χ4n) is 4.59. The van der Waals surface area contributed by atoms with Crippen LogP contribution in [0, 0.1) is 5.92 Å². The molecule has 1 saturated carbocycles. The first-order chi connectivity index (χ1) is 13.1. The number of benzene rings is 1. The van der Waals surface area contributed by atoms with Crippen LogP contribution in [-0.4, -0.2) is 55.4 Å². The molecule has 1 heterocycles. The van der Waals surface area contributed by atoms with Gasteiger partial charge in [0.2, 0.25) is 5.91 Å². The van der Waals surface area contributed by atoms with E-state index >= 15 is 0 Å². The molecule has 2 aliphatic rings. The maximum atomic E-state index is 13.0. The number of nitrogens with zero attached hydrogens (tertiary/aromatic N) is 1. The average molecular weight is 395 g/mol. The van der Waals surface area contributed by atoms with E-state index in [4.69, 9.17) is 16.3 Å². The van der Waals surface area contributed by atoms with Gasteiger partial charge >= 0.3 is 0 Å². The van der Waals surface area contributed by atoms with Crippen LogP contribution in [-0.2, 0) is 16.0 Å². The lowest BCUT2D eigenvalue weighted by atomic mass is 9.77. The summed E-state index contributed by atoms with van der Waals surface area (Å²) >= 11 is 6.47. The van der Waals surface area contributed by atoms with Gasteiger partial charge in [-0.05, 0) is 42.4 Å². The Kier molecular flexibility index (Phi) is 7.53. The van der Waals surface area contributed by atoms with Crippen molar-refractivity contribution < 1.29 is 14.6 Å². The van der Waals surface area contributed by atoms with Crippen molar-refractivity contribution in [1.29, 1.82) is 0 Å². The molecule has 0 saturated heterocycles. The van der Waals surface area contributed by atoms with Crippen LogP contribution in [0.25, 0.3) is 0 Å². The molecule has 0 radical (unpaired) electrons. The number of fused-ring (bicyclic) bond motifs is 1. The molecule has 1 aromatic carbocycles. The molecule has 3 rings (SSSR count). The number of carbonyl (C=O) groups is 1. The third-order valence-corrected chi connectivity index (χ3v) is 6.20. The topological polar surface area (TPSA) is 61.8 Å². The summed E-state index contributed by atoms with van der Waals surface area (Å²) < 4.78 is 4.93. The van der Waals surface area contributed by atoms with Crippen LogP contribution in [0.1, 0.15) is 49.3 Å². The zero-order chi connectivity index (χ0) is 19.2. The maximum absolute atomic E-state index is 13.0. The summed E-state index contributed by atoms with van der Waals surface area (Å²) in [5.41, 5.74) is 2.44. The average Bonchev–Trinajstić information content (AvgIpc) is 2.68. The predicted octanol–water partition coefficient (Wildman–Crippen LogP) is 2.94. The number of halogens is 1. The van der Waals surface area contributed by atoms with E-state index in [0.717, 1.165) is 11.4 Å². The first-order valence-electron chi connectivity index (χ1n) is 10.1. The van der Waals surface area contributed by atoms with Gasteiger partial charge in [-0.1, -0.05) is 43.0 Å². The third kappa shape index (κ3) is 5.02. The van der Waals surface area contributed by atoms with Gasteiger partial charge in [0, 0.05) is 25.2 Å². The van der Waals surface area contributed by atoms with Crippen molar-refractivity contribution in [2.45, 2.75) is 50.7 Å². The molecule has 1 fully saturated rings. The highest BCUT2D eigenvalue weighted by Gasteiger charge is 2.37. The fourth-order valence-corrected chi connectivity index (χ4v) is 4.87. The van der Waals surface area contributed by atoms with Crippen molar-refractivity contribution >= 4 is 17.5 Å².